The number of nitrogens with zero attached hydrogens (tertiary/aromatic N) is 1. The van der Waals surface area contributed by atoms with Crippen molar-refractivity contribution >= 4 is 11.8 Å². The lowest BCUT2D eigenvalue weighted by Gasteiger charge is -2.44. The maximum atomic E-state index is 12.8. The Morgan fingerprint density at radius 1 is 1.41 bits per heavy atom. The van der Waals surface area contributed by atoms with Crippen LogP contribution in [0.5, 0.6) is 0 Å². The largest absolute Gasteiger partial charge is 0.354 e. The molecule has 2 amide bonds. The number of rotatable bonds is 4. The molecule has 1 N–H and O–H groups in total. The average molecular weight is 310 g/mol. The SMILES string of the molecule is CCCNC(=O)C1COC2(CCCC(C)C2)N1C(=O)C(C)C. The molecule has 3 atom stereocenters. The van der Waals surface area contributed by atoms with Gasteiger partial charge in [-0.25, -0.2) is 0 Å². The number of carbonyl (C=O) groups excluding carboxylic acids is 2. The van der Waals surface area contributed by atoms with Gasteiger partial charge in [0.05, 0.1) is 6.61 Å². The van der Waals surface area contributed by atoms with Crippen LogP contribution < -0.4 is 5.32 Å². The Bertz CT molecular complexity index is 424. The van der Waals surface area contributed by atoms with Crippen LogP contribution in [0.2, 0.25) is 0 Å². The summed E-state index contributed by atoms with van der Waals surface area (Å²) in [6.07, 6.45) is 4.78. The Morgan fingerprint density at radius 3 is 2.73 bits per heavy atom. The van der Waals surface area contributed by atoms with Crippen molar-refractivity contribution in [1.82, 2.24) is 10.2 Å². The Kier molecular flexibility index (Phi) is 5.48. The van der Waals surface area contributed by atoms with Crippen LogP contribution in [-0.4, -0.2) is 41.6 Å². The third-order valence-electron chi connectivity index (χ3n) is 4.78. The molecule has 1 saturated carbocycles. The Labute approximate surface area is 133 Å². The maximum absolute atomic E-state index is 12.8. The molecule has 1 aliphatic carbocycles. The van der Waals surface area contributed by atoms with Gasteiger partial charge >= 0.3 is 0 Å². The van der Waals surface area contributed by atoms with Gasteiger partial charge in [-0.05, 0) is 31.6 Å². The molecule has 0 aromatic heterocycles. The molecule has 0 radical (unpaired) electrons. The fourth-order valence-electron chi connectivity index (χ4n) is 3.68. The van der Waals surface area contributed by atoms with Crippen molar-refractivity contribution in [3.8, 4) is 0 Å². The van der Waals surface area contributed by atoms with E-state index in [1.165, 1.54) is 6.42 Å². The minimum atomic E-state index is -0.562. The topological polar surface area (TPSA) is 58.6 Å². The van der Waals surface area contributed by atoms with Crippen LogP contribution in [-0.2, 0) is 14.3 Å². The predicted octanol–water partition coefficient (Wildman–Crippen LogP) is 2.30. The molecule has 1 heterocycles. The van der Waals surface area contributed by atoms with E-state index in [9.17, 15) is 9.59 Å². The minimum Gasteiger partial charge on any atom is -0.354 e. The van der Waals surface area contributed by atoms with E-state index in [-0.39, 0.29) is 17.7 Å². The van der Waals surface area contributed by atoms with E-state index in [1.54, 1.807) is 4.90 Å². The lowest BCUT2D eigenvalue weighted by Crippen LogP contribution is -2.58. The van der Waals surface area contributed by atoms with Crippen molar-refractivity contribution < 1.29 is 14.3 Å². The van der Waals surface area contributed by atoms with Crippen molar-refractivity contribution in [1.29, 1.82) is 0 Å². The number of nitrogens with one attached hydrogen (secondary N) is 1. The highest BCUT2D eigenvalue weighted by molar-refractivity contribution is 5.89. The lowest BCUT2D eigenvalue weighted by molar-refractivity contribution is -0.165. The van der Waals surface area contributed by atoms with E-state index in [0.29, 0.717) is 19.1 Å². The fraction of sp³-hybridized carbons (Fsp3) is 0.882. The third kappa shape index (κ3) is 3.29. The molecule has 3 unspecified atom stereocenters. The quantitative estimate of drug-likeness (QED) is 0.867. The lowest BCUT2D eigenvalue weighted by atomic mass is 9.82. The molecule has 1 spiro atoms. The fourth-order valence-corrected chi connectivity index (χ4v) is 3.68. The second-order valence-electron chi connectivity index (χ2n) is 7.13. The van der Waals surface area contributed by atoms with E-state index in [1.807, 2.05) is 20.8 Å². The summed E-state index contributed by atoms with van der Waals surface area (Å²) < 4.78 is 6.09. The molecular formula is C17H30N2O3. The molecule has 126 valence electrons. The molecule has 1 saturated heterocycles. The number of carbonyl (C=O) groups is 2. The summed E-state index contributed by atoms with van der Waals surface area (Å²) in [6, 6.07) is -0.480. The van der Waals surface area contributed by atoms with Gasteiger partial charge in [-0.2, -0.15) is 0 Å². The highest BCUT2D eigenvalue weighted by atomic mass is 16.5. The van der Waals surface area contributed by atoms with Crippen LogP contribution >= 0.6 is 0 Å². The minimum absolute atomic E-state index is 0.0308. The van der Waals surface area contributed by atoms with Gasteiger partial charge in [-0.15, -0.1) is 0 Å². The maximum Gasteiger partial charge on any atom is 0.245 e. The van der Waals surface area contributed by atoms with Crippen molar-refractivity contribution in [2.24, 2.45) is 11.8 Å². The highest BCUT2D eigenvalue weighted by Crippen LogP contribution is 2.43. The average Bonchev–Trinajstić information content (AvgIpc) is 2.82. The zero-order valence-corrected chi connectivity index (χ0v) is 14.4. The molecule has 2 aliphatic rings. The molecule has 2 fully saturated rings. The van der Waals surface area contributed by atoms with Crippen LogP contribution in [0, 0.1) is 11.8 Å². The Morgan fingerprint density at radius 2 is 2.14 bits per heavy atom. The summed E-state index contributed by atoms with van der Waals surface area (Å²) in [5, 5.41) is 2.92. The number of amides is 2. The molecule has 5 nitrogen and oxygen atoms in total. The smallest absolute Gasteiger partial charge is 0.245 e. The number of hydrogen-bond donors (Lipinski definition) is 1. The van der Waals surface area contributed by atoms with Gasteiger partial charge in [0.15, 0.2) is 0 Å². The highest BCUT2D eigenvalue weighted by Gasteiger charge is 2.53. The Hall–Kier alpha value is -1.10. The monoisotopic (exact) mass is 310 g/mol. The number of ether oxygens (including phenoxy) is 1. The van der Waals surface area contributed by atoms with Crippen LogP contribution in [0.1, 0.15) is 59.8 Å². The first-order valence-electron chi connectivity index (χ1n) is 8.66. The molecule has 5 heteroatoms. The van der Waals surface area contributed by atoms with Crippen LogP contribution in [0.15, 0.2) is 0 Å². The molecular weight excluding hydrogens is 280 g/mol. The van der Waals surface area contributed by atoms with Gasteiger partial charge in [0.1, 0.15) is 11.8 Å². The van der Waals surface area contributed by atoms with Crippen molar-refractivity contribution in [2.75, 3.05) is 13.2 Å². The second-order valence-corrected chi connectivity index (χ2v) is 7.13. The van der Waals surface area contributed by atoms with Gasteiger partial charge in [0.2, 0.25) is 11.8 Å². The summed E-state index contributed by atoms with van der Waals surface area (Å²) >= 11 is 0. The summed E-state index contributed by atoms with van der Waals surface area (Å²) in [4.78, 5) is 27.0. The summed E-state index contributed by atoms with van der Waals surface area (Å²) in [5.74, 6) is 0.347. The van der Waals surface area contributed by atoms with Gasteiger partial charge in [0, 0.05) is 12.5 Å². The molecule has 1 aliphatic heterocycles. The molecule has 2 rings (SSSR count). The summed E-state index contributed by atoms with van der Waals surface area (Å²) in [6.45, 7) is 8.96. The first-order valence-corrected chi connectivity index (χ1v) is 8.66. The van der Waals surface area contributed by atoms with E-state index in [2.05, 4.69) is 12.2 Å². The normalized spacial score (nSPS) is 31.8. The van der Waals surface area contributed by atoms with E-state index in [0.717, 1.165) is 25.7 Å². The van der Waals surface area contributed by atoms with E-state index < -0.39 is 11.8 Å². The zero-order chi connectivity index (χ0) is 16.3. The summed E-state index contributed by atoms with van der Waals surface area (Å²) in [5.41, 5.74) is -0.562. The second kappa shape index (κ2) is 6.99. The standard InChI is InChI=1S/C17H30N2O3/c1-5-9-18-15(20)14-11-22-17(8-6-7-13(4)10-17)19(14)16(21)12(2)3/h12-14H,5-11H2,1-4H3,(H,18,20). The number of hydrogen-bond acceptors (Lipinski definition) is 3. The summed E-state index contributed by atoms with van der Waals surface area (Å²) in [7, 11) is 0. The van der Waals surface area contributed by atoms with Crippen molar-refractivity contribution in [3.63, 3.8) is 0 Å². The first kappa shape index (κ1) is 17.3. The molecule has 0 aromatic carbocycles. The van der Waals surface area contributed by atoms with Crippen LogP contribution in [0.25, 0.3) is 0 Å². The van der Waals surface area contributed by atoms with Gasteiger partial charge in [-0.3, -0.25) is 14.5 Å². The third-order valence-corrected chi connectivity index (χ3v) is 4.78. The Balaban J connectivity index is 2.24. The van der Waals surface area contributed by atoms with Gasteiger partial charge < -0.3 is 10.1 Å². The van der Waals surface area contributed by atoms with Crippen molar-refractivity contribution in [2.45, 2.75) is 71.6 Å². The van der Waals surface area contributed by atoms with E-state index in [4.69, 9.17) is 4.74 Å². The first-order chi connectivity index (χ1) is 10.4. The van der Waals surface area contributed by atoms with Gasteiger partial charge in [-0.1, -0.05) is 34.1 Å². The van der Waals surface area contributed by atoms with E-state index >= 15 is 0 Å². The van der Waals surface area contributed by atoms with Crippen LogP contribution in [0.4, 0.5) is 0 Å². The predicted molar refractivity (Wildman–Crippen MR) is 85.1 cm³/mol. The van der Waals surface area contributed by atoms with Crippen LogP contribution in [0.3, 0.4) is 0 Å². The zero-order valence-electron chi connectivity index (χ0n) is 14.4. The molecule has 0 aromatic rings. The van der Waals surface area contributed by atoms with Gasteiger partial charge in [0.25, 0.3) is 0 Å². The molecule has 22 heavy (non-hydrogen) atoms. The van der Waals surface area contributed by atoms with Crippen molar-refractivity contribution in [3.05, 3.63) is 0 Å². The molecule has 0 bridgehead atoms.